The minimum absolute atomic E-state index is 0.390. The van der Waals surface area contributed by atoms with Crippen molar-refractivity contribution in [3.05, 3.63) is 36.3 Å². The van der Waals surface area contributed by atoms with Gasteiger partial charge in [-0.1, -0.05) is 6.07 Å². The number of rotatable bonds is 3. The Kier molecular flexibility index (Phi) is 2.08. The van der Waals surface area contributed by atoms with E-state index in [-0.39, 0.29) is 5.60 Å². The molecule has 0 spiro atoms. The summed E-state index contributed by atoms with van der Waals surface area (Å²) in [6.45, 7) is 2.47. The van der Waals surface area contributed by atoms with Gasteiger partial charge in [-0.15, -0.1) is 0 Å². The highest BCUT2D eigenvalue weighted by molar-refractivity contribution is 5.39. The summed E-state index contributed by atoms with van der Waals surface area (Å²) in [6.07, 6.45) is 6.50. The van der Waals surface area contributed by atoms with Gasteiger partial charge in [-0.2, -0.15) is 0 Å². The molecular formula is C14H17N3O. The van der Waals surface area contributed by atoms with Crippen LogP contribution in [0.5, 0.6) is 0 Å². The predicted octanol–water partition coefficient (Wildman–Crippen LogP) is 1.29. The van der Waals surface area contributed by atoms with Gasteiger partial charge in [0.1, 0.15) is 5.65 Å². The van der Waals surface area contributed by atoms with Gasteiger partial charge in [0.25, 0.3) is 0 Å². The molecule has 1 saturated heterocycles. The van der Waals surface area contributed by atoms with E-state index in [1.54, 1.807) is 0 Å². The molecule has 1 aliphatic heterocycles. The van der Waals surface area contributed by atoms with Crippen LogP contribution in [0.1, 0.15) is 18.5 Å². The van der Waals surface area contributed by atoms with Gasteiger partial charge < -0.3 is 9.51 Å². The fraction of sp³-hybridized carbons (Fsp3) is 0.500. The molecule has 1 N–H and O–H groups in total. The standard InChI is InChI=1S/C14H17N3O/c18-14(11-4-5-11)9-16(10-14)7-12-8-17-6-2-1-3-13(17)15-12/h1-3,6,8,11,18H,4-5,7,9-10H2. The normalized spacial score (nSPS) is 23.2. The number of nitrogens with zero attached hydrogens (tertiary/aromatic N) is 3. The van der Waals surface area contributed by atoms with Gasteiger partial charge in [-0.3, -0.25) is 4.90 Å². The molecule has 1 saturated carbocycles. The van der Waals surface area contributed by atoms with Crippen molar-refractivity contribution in [3.8, 4) is 0 Å². The van der Waals surface area contributed by atoms with Gasteiger partial charge in [0.2, 0.25) is 0 Å². The Bertz CT molecular complexity index is 548. The second-order valence-corrected chi connectivity index (χ2v) is 5.72. The summed E-state index contributed by atoms with van der Waals surface area (Å²) in [6, 6.07) is 6.02. The molecule has 94 valence electrons. The molecule has 2 aromatic heterocycles. The summed E-state index contributed by atoms with van der Waals surface area (Å²) in [7, 11) is 0. The van der Waals surface area contributed by atoms with Crippen LogP contribution in [0.2, 0.25) is 0 Å². The highest BCUT2D eigenvalue weighted by Gasteiger charge is 2.51. The van der Waals surface area contributed by atoms with Crippen LogP contribution >= 0.6 is 0 Å². The minimum Gasteiger partial charge on any atom is -0.387 e. The number of likely N-dealkylation sites (tertiary alicyclic amines) is 1. The number of β-amino-alcohol motifs (C(OH)–C–C–N with tert-alkyl or cyclic N) is 1. The van der Waals surface area contributed by atoms with Crippen LogP contribution in [0.4, 0.5) is 0 Å². The molecule has 2 aromatic rings. The Morgan fingerprint density at radius 1 is 1.33 bits per heavy atom. The first-order chi connectivity index (χ1) is 8.73. The Hall–Kier alpha value is -1.39. The van der Waals surface area contributed by atoms with E-state index < -0.39 is 0 Å². The lowest BCUT2D eigenvalue weighted by Gasteiger charge is -2.46. The quantitative estimate of drug-likeness (QED) is 0.883. The maximum atomic E-state index is 10.3. The smallest absolute Gasteiger partial charge is 0.137 e. The van der Waals surface area contributed by atoms with Crippen molar-refractivity contribution in [3.63, 3.8) is 0 Å². The van der Waals surface area contributed by atoms with Crippen molar-refractivity contribution < 1.29 is 5.11 Å². The van der Waals surface area contributed by atoms with Crippen LogP contribution < -0.4 is 0 Å². The third-order valence-corrected chi connectivity index (χ3v) is 4.13. The first kappa shape index (κ1) is 10.5. The van der Waals surface area contributed by atoms with E-state index in [2.05, 4.69) is 16.1 Å². The van der Waals surface area contributed by atoms with Crippen LogP contribution in [-0.2, 0) is 6.54 Å². The maximum absolute atomic E-state index is 10.3. The summed E-state index contributed by atoms with van der Waals surface area (Å²) in [5, 5.41) is 10.3. The molecule has 18 heavy (non-hydrogen) atoms. The third kappa shape index (κ3) is 1.64. The van der Waals surface area contributed by atoms with Gasteiger partial charge in [-0.25, -0.2) is 4.98 Å². The third-order valence-electron chi connectivity index (χ3n) is 4.13. The second kappa shape index (κ2) is 3.56. The lowest BCUT2D eigenvalue weighted by molar-refractivity contribution is -0.116. The number of imidazole rings is 1. The molecule has 0 atom stereocenters. The summed E-state index contributed by atoms with van der Waals surface area (Å²) in [5.74, 6) is 0.565. The molecule has 2 fully saturated rings. The molecule has 3 heterocycles. The van der Waals surface area contributed by atoms with E-state index >= 15 is 0 Å². The van der Waals surface area contributed by atoms with Crippen molar-refractivity contribution in [2.75, 3.05) is 13.1 Å². The van der Waals surface area contributed by atoms with Crippen molar-refractivity contribution in [1.82, 2.24) is 14.3 Å². The van der Waals surface area contributed by atoms with Crippen LogP contribution in [0.3, 0.4) is 0 Å². The molecule has 0 radical (unpaired) electrons. The Labute approximate surface area is 106 Å². The van der Waals surface area contributed by atoms with Crippen LogP contribution in [0, 0.1) is 5.92 Å². The Morgan fingerprint density at radius 3 is 2.89 bits per heavy atom. The number of aliphatic hydroxyl groups is 1. The molecule has 4 nitrogen and oxygen atoms in total. The van der Waals surface area contributed by atoms with E-state index in [4.69, 9.17) is 0 Å². The highest BCUT2D eigenvalue weighted by atomic mass is 16.3. The average molecular weight is 243 g/mol. The predicted molar refractivity (Wildman–Crippen MR) is 68.1 cm³/mol. The second-order valence-electron chi connectivity index (χ2n) is 5.72. The largest absolute Gasteiger partial charge is 0.387 e. The van der Waals surface area contributed by atoms with Crippen LogP contribution in [0.25, 0.3) is 5.65 Å². The summed E-state index contributed by atoms with van der Waals surface area (Å²) < 4.78 is 2.04. The zero-order valence-corrected chi connectivity index (χ0v) is 10.3. The molecule has 4 rings (SSSR count). The number of pyridine rings is 1. The van der Waals surface area contributed by atoms with E-state index in [1.165, 1.54) is 12.8 Å². The zero-order valence-electron chi connectivity index (χ0n) is 10.3. The minimum atomic E-state index is -0.390. The van der Waals surface area contributed by atoms with Gasteiger partial charge in [0.15, 0.2) is 0 Å². The summed E-state index contributed by atoms with van der Waals surface area (Å²) in [4.78, 5) is 6.86. The molecule has 0 bridgehead atoms. The van der Waals surface area contributed by atoms with Crippen LogP contribution in [-0.4, -0.2) is 38.1 Å². The highest BCUT2D eigenvalue weighted by Crippen LogP contribution is 2.44. The van der Waals surface area contributed by atoms with Gasteiger partial charge in [0, 0.05) is 32.0 Å². The molecule has 2 aliphatic rings. The van der Waals surface area contributed by atoms with Crippen molar-refractivity contribution in [2.45, 2.75) is 25.0 Å². The summed E-state index contributed by atoms with van der Waals surface area (Å²) >= 11 is 0. The Morgan fingerprint density at radius 2 is 2.17 bits per heavy atom. The summed E-state index contributed by atoms with van der Waals surface area (Å²) in [5.41, 5.74) is 1.68. The van der Waals surface area contributed by atoms with Gasteiger partial charge in [0.05, 0.1) is 11.3 Å². The molecule has 0 unspecified atom stereocenters. The van der Waals surface area contributed by atoms with Crippen molar-refractivity contribution in [1.29, 1.82) is 0 Å². The molecule has 4 heteroatoms. The lowest BCUT2D eigenvalue weighted by Crippen LogP contribution is -2.62. The Balaban J connectivity index is 1.46. The topological polar surface area (TPSA) is 40.8 Å². The molecule has 0 aromatic carbocycles. The number of hydrogen-bond acceptors (Lipinski definition) is 3. The SMILES string of the molecule is OC1(C2CC2)CN(Cc2cn3ccccc3n2)C1. The fourth-order valence-electron chi connectivity index (χ4n) is 3.01. The van der Waals surface area contributed by atoms with E-state index in [0.717, 1.165) is 31.0 Å². The van der Waals surface area contributed by atoms with Gasteiger partial charge >= 0.3 is 0 Å². The lowest BCUT2D eigenvalue weighted by atomic mass is 9.89. The first-order valence-corrected chi connectivity index (χ1v) is 6.60. The van der Waals surface area contributed by atoms with Gasteiger partial charge in [-0.05, 0) is 30.9 Å². The number of fused-ring (bicyclic) bond motifs is 1. The van der Waals surface area contributed by atoms with E-state index in [9.17, 15) is 5.11 Å². The number of hydrogen-bond donors (Lipinski definition) is 1. The fourth-order valence-corrected chi connectivity index (χ4v) is 3.01. The molecular weight excluding hydrogens is 226 g/mol. The molecule has 1 aliphatic carbocycles. The first-order valence-electron chi connectivity index (χ1n) is 6.60. The van der Waals surface area contributed by atoms with Crippen LogP contribution in [0.15, 0.2) is 30.6 Å². The maximum Gasteiger partial charge on any atom is 0.137 e. The monoisotopic (exact) mass is 243 g/mol. The van der Waals surface area contributed by atoms with Crippen molar-refractivity contribution >= 4 is 5.65 Å². The van der Waals surface area contributed by atoms with Crippen molar-refractivity contribution in [2.24, 2.45) is 5.92 Å². The average Bonchev–Trinajstić information content (AvgIpc) is 3.08. The number of aromatic nitrogens is 2. The zero-order chi connectivity index (χ0) is 12.2. The molecule has 0 amide bonds. The van der Waals surface area contributed by atoms with E-state index in [1.807, 2.05) is 28.8 Å². The van der Waals surface area contributed by atoms with E-state index in [0.29, 0.717) is 5.92 Å².